The number of urea groups is 1. The van der Waals surface area contributed by atoms with Crippen LogP contribution in [0.25, 0.3) is 0 Å². The van der Waals surface area contributed by atoms with Gasteiger partial charge in [0.05, 0.1) is 11.8 Å². The molecule has 0 aromatic carbocycles. The first-order valence-electron chi connectivity index (χ1n) is 8.28. The Morgan fingerprint density at radius 3 is 2.70 bits per heavy atom. The van der Waals surface area contributed by atoms with E-state index in [1.54, 1.807) is 12.1 Å². The van der Waals surface area contributed by atoms with Crippen molar-refractivity contribution in [2.75, 3.05) is 20.8 Å². The Bertz CT molecular complexity index is 908. The summed E-state index contributed by atoms with van der Waals surface area (Å²) in [6, 6.07) is 6.62. The van der Waals surface area contributed by atoms with Crippen LogP contribution in [0.15, 0.2) is 28.9 Å². The number of hydrogen-bond donors (Lipinski definition) is 1. The fourth-order valence-corrected chi connectivity index (χ4v) is 3.92. The Morgan fingerprint density at radius 1 is 1.41 bits per heavy atom. The standard InChI is InChI=1S/C18H18BrN5O3/c1-26-17(27-2)15-13(19)8-12-4-3-7-24(18(21)25,16(12)23-15)14-6-5-11(9-20)10-22-14/h5-6,8,10,17H,3-4,7H2,1-2H3,(H-,21,25)/p+1. The Labute approximate surface area is 165 Å². The molecule has 0 saturated heterocycles. The van der Waals surface area contributed by atoms with Gasteiger partial charge in [-0.2, -0.15) is 10.2 Å². The number of nitrogens with zero attached hydrogens (tertiary/aromatic N) is 4. The van der Waals surface area contributed by atoms with Crippen molar-refractivity contribution >= 4 is 33.6 Å². The number of aromatic nitrogens is 2. The zero-order chi connectivity index (χ0) is 19.6. The van der Waals surface area contributed by atoms with E-state index in [1.165, 1.54) is 20.4 Å². The molecule has 3 rings (SSSR count). The lowest BCUT2D eigenvalue weighted by molar-refractivity contribution is -0.109. The molecule has 0 aliphatic carbocycles. The number of quaternary nitrogens is 1. The van der Waals surface area contributed by atoms with Crippen molar-refractivity contribution in [1.82, 2.24) is 14.5 Å². The highest BCUT2D eigenvalue weighted by Crippen LogP contribution is 2.41. The molecule has 27 heavy (non-hydrogen) atoms. The van der Waals surface area contributed by atoms with Crippen LogP contribution < -0.4 is 10.2 Å². The number of nitriles is 1. The van der Waals surface area contributed by atoms with Gasteiger partial charge in [0.25, 0.3) is 0 Å². The van der Waals surface area contributed by atoms with Crippen LogP contribution >= 0.6 is 15.9 Å². The molecular weight excluding hydrogens is 414 g/mol. The van der Waals surface area contributed by atoms with E-state index in [9.17, 15) is 4.79 Å². The normalized spacial score (nSPS) is 18.8. The Kier molecular flexibility index (Phi) is 5.53. The van der Waals surface area contributed by atoms with Crippen LogP contribution in [0.4, 0.5) is 16.4 Å². The van der Waals surface area contributed by atoms with Gasteiger partial charge >= 0.3 is 6.03 Å². The highest BCUT2D eigenvalue weighted by atomic mass is 79.9. The summed E-state index contributed by atoms with van der Waals surface area (Å²) in [6.07, 6.45) is 2.23. The van der Waals surface area contributed by atoms with Gasteiger partial charge in [-0.3, -0.25) is 0 Å². The number of nitrogens with two attached hydrogens (primary N) is 1. The summed E-state index contributed by atoms with van der Waals surface area (Å²) < 4.78 is 11.1. The van der Waals surface area contributed by atoms with Gasteiger partial charge < -0.3 is 15.2 Å². The van der Waals surface area contributed by atoms with Gasteiger partial charge in [0.1, 0.15) is 18.3 Å². The third kappa shape index (κ3) is 3.21. The summed E-state index contributed by atoms with van der Waals surface area (Å²) in [6.45, 7) is 0.430. The van der Waals surface area contributed by atoms with Gasteiger partial charge in [0.2, 0.25) is 17.9 Å². The lowest BCUT2D eigenvalue weighted by Crippen LogP contribution is -2.56. The second-order valence-electron chi connectivity index (χ2n) is 6.13. The highest BCUT2D eigenvalue weighted by Gasteiger charge is 2.47. The molecule has 2 amide bonds. The van der Waals surface area contributed by atoms with Gasteiger partial charge in [0, 0.05) is 36.7 Å². The van der Waals surface area contributed by atoms with E-state index >= 15 is 0 Å². The third-order valence-corrected chi connectivity index (χ3v) is 5.29. The second-order valence-corrected chi connectivity index (χ2v) is 6.99. The van der Waals surface area contributed by atoms with Gasteiger partial charge in [-0.05, 0) is 34.5 Å². The molecule has 3 heterocycles. The Morgan fingerprint density at radius 2 is 2.15 bits per heavy atom. The van der Waals surface area contributed by atoms with Crippen LogP contribution in [0.1, 0.15) is 29.5 Å². The smallest absolute Gasteiger partial charge is 0.350 e. The van der Waals surface area contributed by atoms with Crippen LogP contribution in [0, 0.1) is 11.3 Å². The number of carbonyl (C=O) groups excluding carboxylic acids is 1. The predicted molar refractivity (Wildman–Crippen MR) is 102 cm³/mol. The predicted octanol–water partition coefficient (Wildman–Crippen LogP) is 3.07. The van der Waals surface area contributed by atoms with Gasteiger partial charge in [0.15, 0.2) is 0 Å². The molecule has 2 aromatic rings. The topological polar surface area (TPSA) is 111 Å². The van der Waals surface area contributed by atoms with Crippen molar-refractivity contribution in [2.24, 2.45) is 5.73 Å². The summed E-state index contributed by atoms with van der Waals surface area (Å²) in [5.74, 6) is 0.929. The molecule has 8 nitrogen and oxygen atoms in total. The van der Waals surface area contributed by atoms with Gasteiger partial charge in [-0.25, -0.2) is 9.78 Å². The number of methoxy groups -OCH3 is 2. The fraction of sp³-hybridized carbons (Fsp3) is 0.333. The molecule has 0 saturated carbocycles. The number of aryl methyl sites for hydroxylation is 1. The number of halogens is 1. The summed E-state index contributed by atoms with van der Waals surface area (Å²) in [5.41, 5.74) is 7.68. The first-order chi connectivity index (χ1) is 13.0. The lowest BCUT2D eigenvalue weighted by Gasteiger charge is -2.35. The summed E-state index contributed by atoms with van der Waals surface area (Å²) in [7, 11) is 3.03. The zero-order valence-corrected chi connectivity index (χ0v) is 16.6. The molecule has 1 unspecified atom stereocenters. The SMILES string of the molecule is COC(OC)c1nc2c(cc1Br)CCC[N+]2(C(N)=O)c1ccc(C#N)cn1. The van der Waals surface area contributed by atoms with Crippen molar-refractivity contribution in [3.8, 4) is 6.07 Å². The van der Waals surface area contributed by atoms with Crippen LogP contribution in [0.5, 0.6) is 0 Å². The lowest BCUT2D eigenvalue weighted by atomic mass is 10.0. The maximum atomic E-state index is 12.7. The summed E-state index contributed by atoms with van der Waals surface area (Å²) >= 11 is 3.51. The fourth-order valence-electron chi connectivity index (χ4n) is 3.37. The maximum Gasteiger partial charge on any atom is 0.426 e. The van der Waals surface area contributed by atoms with Crippen molar-refractivity contribution in [1.29, 1.82) is 5.26 Å². The number of amides is 2. The van der Waals surface area contributed by atoms with Crippen molar-refractivity contribution in [2.45, 2.75) is 19.1 Å². The van der Waals surface area contributed by atoms with E-state index < -0.39 is 12.3 Å². The number of pyridine rings is 2. The van der Waals surface area contributed by atoms with E-state index in [0.717, 1.165) is 22.9 Å². The monoisotopic (exact) mass is 432 g/mol. The van der Waals surface area contributed by atoms with Gasteiger partial charge in [-0.1, -0.05) is 0 Å². The minimum atomic E-state index is -0.699. The molecule has 0 bridgehead atoms. The third-order valence-electron chi connectivity index (χ3n) is 4.66. The number of primary amides is 1. The number of fused-ring (bicyclic) bond motifs is 1. The molecule has 9 heteroatoms. The first-order valence-corrected chi connectivity index (χ1v) is 9.07. The Hall–Kier alpha value is -2.38. The summed E-state index contributed by atoms with van der Waals surface area (Å²) in [5, 5.41) is 9.02. The van der Waals surface area contributed by atoms with E-state index in [0.29, 0.717) is 29.4 Å². The molecule has 1 atom stereocenters. The van der Waals surface area contributed by atoms with Crippen molar-refractivity contribution < 1.29 is 14.3 Å². The van der Waals surface area contributed by atoms with E-state index in [1.807, 2.05) is 12.1 Å². The quantitative estimate of drug-likeness (QED) is 0.586. The second kappa shape index (κ2) is 7.70. The van der Waals surface area contributed by atoms with Gasteiger partial charge in [-0.15, -0.1) is 4.48 Å². The molecule has 0 spiro atoms. The molecule has 1 aliphatic rings. The number of ether oxygens (including phenoxy) is 2. The minimum absolute atomic E-state index is 0.318. The summed E-state index contributed by atoms with van der Waals surface area (Å²) in [4.78, 5) is 21.7. The average molecular weight is 433 g/mol. The largest absolute Gasteiger partial charge is 0.426 e. The van der Waals surface area contributed by atoms with Crippen molar-refractivity contribution in [3.05, 3.63) is 45.7 Å². The van der Waals surface area contributed by atoms with Crippen LogP contribution in [0.3, 0.4) is 0 Å². The number of carbonyl (C=O) groups is 1. The molecule has 140 valence electrons. The molecule has 1 aliphatic heterocycles. The first kappa shape index (κ1) is 19.4. The van der Waals surface area contributed by atoms with E-state index in [-0.39, 0.29) is 4.48 Å². The molecular formula is C18H19BrN5O3+. The number of rotatable bonds is 4. The number of hydrogen-bond acceptors (Lipinski definition) is 6. The van der Waals surface area contributed by atoms with Crippen LogP contribution in [-0.2, 0) is 15.9 Å². The molecule has 2 aromatic heterocycles. The van der Waals surface area contributed by atoms with E-state index in [4.69, 9.17) is 25.5 Å². The van der Waals surface area contributed by atoms with Crippen LogP contribution in [0.2, 0.25) is 0 Å². The van der Waals surface area contributed by atoms with Crippen LogP contribution in [-0.4, -0.2) is 36.8 Å². The minimum Gasteiger partial charge on any atom is -0.350 e. The maximum absolute atomic E-state index is 12.7. The zero-order valence-electron chi connectivity index (χ0n) is 15.0. The molecule has 2 N–H and O–H groups in total. The van der Waals surface area contributed by atoms with Crippen molar-refractivity contribution in [3.63, 3.8) is 0 Å². The average Bonchev–Trinajstić information content (AvgIpc) is 2.68. The molecule has 0 fully saturated rings. The van der Waals surface area contributed by atoms with E-state index in [2.05, 4.69) is 20.9 Å². The Balaban J connectivity index is 2.25. The highest BCUT2D eigenvalue weighted by molar-refractivity contribution is 9.10. The molecule has 0 radical (unpaired) electrons.